The lowest BCUT2D eigenvalue weighted by Crippen LogP contribution is -2.16. The molecule has 128 valence electrons. The molecule has 2 aromatic carbocycles. The molecule has 0 bridgehead atoms. The van der Waals surface area contributed by atoms with Crippen LogP contribution < -0.4 is 9.47 Å². The standard InChI is InChI=1S/C21H26O3/c1-3-4-5-9-16-23-19-12-14-20(15-13-19)24-21(22)17(2)18-10-7-6-8-11-18/h6-8,10-15,17H,3-5,9,16H2,1-2H3/t17-/m0/s1. The molecule has 0 aliphatic rings. The molecule has 3 heteroatoms. The summed E-state index contributed by atoms with van der Waals surface area (Å²) in [5.41, 5.74) is 0.953. The quantitative estimate of drug-likeness (QED) is 0.354. The summed E-state index contributed by atoms with van der Waals surface area (Å²) < 4.78 is 11.1. The lowest BCUT2D eigenvalue weighted by Gasteiger charge is -2.12. The van der Waals surface area contributed by atoms with Gasteiger partial charge in [0.25, 0.3) is 0 Å². The maximum absolute atomic E-state index is 12.2. The molecular weight excluding hydrogens is 300 g/mol. The van der Waals surface area contributed by atoms with E-state index in [9.17, 15) is 4.79 Å². The number of benzene rings is 2. The predicted octanol–water partition coefficient (Wildman–Crippen LogP) is 5.35. The van der Waals surface area contributed by atoms with Crippen molar-refractivity contribution in [2.45, 2.75) is 45.4 Å². The van der Waals surface area contributed by atoms with Gasteiger partial charge >= 0.3 is 5.97 Å². The zero-order valence-electron chi connectivity index (χ0n) is 14.5. The molecule has 0 fully saturated rings. The number of ether oxygens (including phenoxy) is 2. The molecule has 0 aromatic heterocycles. The Morgan fingerprint density at radius 1 is 0.917 bits per heavy atom. The van der Waals surface area contributed by atoms with E-state index in [2.05, 4.69) is 6.92 Å². The van der Waals surface area contributed by atoms with Crippen molar-refractivity contribution in [2.24, 2.45) is 0 Å². The van der Waals surface area contributed by atoms with Gasteiger partial charge < -0.3 is 9.47 Å². The average Bonchev–Trinajstić information content (AvgIpc) is 2.63. The molecule has 1 atom stereocenters. The van der Waals surface area contributed by atoms with Crippen LogP contribution >= 0.6 is 0 Å². The van der Waals surface area contributed by atoms with Crippen LogP contribution in [0.3, 0.4) is 0 Å². The molecule has 0 saturated carbocycles. The van der Waals surface area contributed by atoms with Gasteiger partial charge in [-0.25, -0.2) is 0 Å². The number of carbonyl (C=O) groups is 1. The number of hydrogen-bond acceptors (Lipinski definition) is 3. The summed E-state index contributed by atoms with van der Waals surface area (Å²) in [6.07, 6.45) is 4.74. The molecule has 0 saturated heterocycles. The van der Waals surface area contributed by atoms with E-state index < -0.39 is 0 Å². The number of unbranched alkanes of at least 4 members (excludes halogenated alkanes) is 3. The molecule has 0 spiro atoms. The molecule has 3 nitrogen and oxygen atoms in total. The topological polar surface area (TPSA) is 35.5 Å². The molecule has 0 amide bonds. The van der Waals surface area contributed by atoms with Crippen LogP contribution in [-0.4, -0.2) is 12.6 Å². The van der Waals surface area contributed by atoms with Crippen LogP contribution in [-0.2, 0) is 4.79 Å². The molecule has 0 aliphatic heterocycles. The van der Waals surface area contributed by atoms with Gasteiger partial charge in [-0.3, -0.25) is 4.79 Å². The van der Waals surface area contributed by atoms with Crippen LogP contribution in [0.1, 0.15) is 51.0 Å². The minimum atomic E-state index is -0.291. The highest BCUT2D eigenvalue weighted by atomic mass is 16.5. The van der Waals surface area contributed by atoms with Crippen LogP contribution in [0.4, 0.5) is 0 Å². The molecule has 2 rings (SSSR count). The fourth-order valence-electron chi connectivity index (χ4n) is 2.41. The summed E-state index contributed by atoms with van der Waals surface area (Å²) in [6, 6.07) is 16.9. The highest BCUT2D eigenvalue weighted by Crippen LogP contribution is 2.22. The van der Waals surface area contributed by atoms with Gasteiger partial charge in [0.05, 0.1) is 12.5 Å². The van der Waals surface area contributed by atoms with Gasteiger partial charge in [0.1, 0.15) is 11.5 Å². The Labute approximate surface area is 144 Å². The number of hydrogen-bond donors (Lipinski definition) is 0. The largest absolute Gasteiger partial charge is 0.494 e. The van der Waals surface area contributed by atoms with Crippen molar-refractivity contribution in [2.75, 3.05) is 6.61 Å². The predicted molar refractivity (Wildman–Crippen MR) is 96.6 cm³/mol. The number of carbonyl (C=O) groups excluding carboxylic acids is 1. The number of rotatable bonds is 9. The zero-order chi connectivity index (χ0) is 17.2. The van der Waals surface area contributed by atoms with Crippen LogP contribution in [0.25, 0.3) is 0 Å². The minimum absolute atomic E-state index is 0.255. The van der Waals surface area contributed by atoms with Crippen LogP contribution in [0.5, 0.6) is 11.5 Å². The molecule has 2 aromatic rings. The Balaban J connectivity index is 1.81. The van der Waals surface area contributed by atoms with Gasteiger partial charge in [0.15, 0.2) is 0 Å². The smallest absolute Gasteiger partial charge is 0.318 e. The summed E-state index contributed by atoms with van der Waals surface area (Å²) in [4.78, 5) is 12.2. The number of esters is 1. The summed E-state index contributed by atoms with van der Waals surface area (Å²) in [7, 11) is 0. The maximum Gasteiger partial charge on any atom is 0.318 e. The first-order valence-electron chi connectivity index (χ1n) is 8.70. The Bertz CT molecular complexity index is 605. The van der Waals surface area contributed by atoms with Crippen molar-refractivity contribution in [1.29, 1.82) is 0 Å². The second-order valence-electron chi connectivity index (χ2n) is 5.93. The van der Waals surface area contributed by atoms with Crippen LogP contribution in [0.2, 0.25) is 0 Å². The Morgan fingerprint density at radius 3 is 2.25 bits per heavy atom. The monoisotopic (exact) mass is 326 g/mol. The highest BCUT2D eigenvalue weighted by Gasteiger charge is 2.17. The zero-order valence-corrected chi connectivity index (χ0v) is 14.5. The summed E-state index contributed by atoms with van der Waals surface area (Å²) >= 11 is 0. The molecule has 0 radical (unpaired) electrons. The molecule has 24 heavy (non-hydrogen) atoms. The Morgan fingerprint density at radius 2 is 1.58 bits per heavy atom. The second kappa shape index (κ2) is 9.76. The van der Waals surface area contributed by atoms with Gasteiger partial charge in [-0.2, -0.15) is 0 Å². The van der Waals surface area contributed by atoms with E-state index in [1.54, 1.807) is 12.1 Å². The third-order valence-corrected chi connectivity index (χ3v) is 3.96. The van der Waals surface area contributed by atoms with E-state index in [1.807, 2.05) is 49.4 Å². The third-order valence-electron chi connectivity index (χ3n) is 3.96. The maximum atomic E-state index is 12.2. The normalized spacial score (nSPS) is 11.8. The van der Waals surface area contributed by atoms with E-state index >= 15 is 0 Å². The first-order valence-corrected chi connectivity index (χ1v) is 8.70. The van der Waals surface area contributed by atoms with E-state index in [0.717, 1.165) is 24.3 Å². The van der Waals surface area contributed by atoms with E-state index in [1.165, 1.54) is 19.3 Å². The van der Waals surface area contributed by atoms with Crippen molar-refractivity contribution in [1.82, 2.24) is 0 Å². The molecule has 0 heterocycles. The van der Waals surface area contributed by atoms with Crippen LogP contribution in [0.15, 0.2) is 54.6 Å². The van der Waals surface area contributed by atoms with Gasteiger partial charge in [-0.15, -0.1) is 0 Å². The van der Waals surface area contributed by atoms with Crippen molar-refractivity contribution in [3.05, 3.63) is 60.2 Å². The first-order chi connectivity index (χ1) is 11.7. The first kappa shape index (κ1) is 18.1. The minimum Gasteiger partial charge on any atom is -0.494 e. The lowest BCUT2D eigenvalue weighted by atomic mass is 10.0. The lowest BCUT2D eigenvalue weighted by molar-refractivity contribution is -0.135. The Hall–Kier alpha value is -2.29. The summed E-state index contributed by atoms with van der Waals surface area (Å²) in [5, 5.41) is 0. The van der Waals surface area contributed by atoms with Crippen molar-refractivity contribution in [3.63, 3.8) is 0 Å². The summed E-state index contributed by atoms with van der Waals surface area (Å²) in [5.74, 6) is 0.804. The van der Waals surface area contributed by atoms with Gasteiger partial charge in [0, 0.05) is 0 Å². The molecule has 0 aliphatic carbocycles. The van der Waals surface area contributed by atoms with Crippen molar-refractivity contribution in [3.8, 4) is 11.5 Å². The van der Waals surface area contributed by atoms with E-state index in [4.69, 9.17) is 9.47 Å². The second-order valence-corrected chi connectivity index (χ2v) is 5.93. The Kier molecular flexibility index (Phi) is 7.34. The summed E-state index contributed by atoms with van der Waals surface area (Å²) in [6.45, 7) is 4.77. The van der Waals surface area contributed by atoms with Crippen molar-refractivity contribution < 1.29 is 14.3 Å². The van der Waals surface area contributed by atoms with Crippen molar-refractivity contribution >= 4 is 5.97 Å². The molecule has 0 unspecified atom stereocenters. The molecule has 0 N–H and O–H groups in total. The van der Waals surface area contributed by atoms with Gasteiger partial charge in [-0.1, -0.05) is 56.5 Å². The third kappa shape index (κ3) is 5.73. The molecular formula is C21H26O3. The highest BCUT2D eigenvalue weighted by molar-refractivity contribution is 5.79. The van der Waals surface area contributed by atoms with E-state index in [-0.39, 0.29) is 11.9 Å². The SMILES string of the molecule is CCCCCCOc1ccc(OC(=O)[C@@H](C)c2ccccc2)cc1. The van der Waals surface area contributed by atoms with Crippen LogP contribution in [0, 0.1) is 0 Å². The average molecular weight is 326 g/mol. The van der Waals surface area contributed by atoms with Gasteiger partial charge in [0.2, 0.25) is 0 Å². The van der Waals surface area contributed by atoms with E-state index in [0.29, 0.717) is 5.75 Å². The fraction of sp³-hybridized carbons (Fsp3) is 0.381. The fourth-order valence-corrected chi connectivity index (χ4v) is 2.41. The van der Waals surface area contributed by atoms with Gasteiger partial charge in [-0.05, 0) is 43.2 Å².